The van der Waals surface area contributed by atoms with E-state index >= 15 is 0 Å². The third-order valence-corrected chi connectivity index (χ3v) is 4.21. The van der Waals surface area contributed by atoms with Gasteiger partial charge < -0.3 is 9.64 Å². The van der Waals surface area contributed by atoms with Gasteiger partial charge in [0.25, 0.3) is 0 Å². The SMILES string of the molecule is CO[C@@H]1CN(c2cc(C(F)(F)F)cnc2C#N)C[C@H]1c1cn(C)nn1. The molecule has 3 heterocycles. The van der Waals surface area contributed by atoms with Crippen LogP contribution in [0, 0.1) is 11.3 Å². The number of rotatable bonds is 3. The van der Waals surface area contributed by atoms with Crippen molar-refractivity contribution in [1.29, 1.82) is 5.26 Å². The molecule has 0 amide bonds. The molecule has 0 N–H and O–H groups in total. The third-order valence-electron chi connectivity index (χ3n) is 4.21. The zero-order valence-electron chi connectivity index (χ0n) is 13.5. The molecule has 1 fully saturated rings. The van der Waals surface area contributed by atoms with Gasteiger partial charge in [0, 0.05) is 39.6 Å². The lowest BCUT2D eigenvalue weighted by Crippen LogP contribution is -2.24. The number of nitrogens with zero attached hydrogens (tertiary/aromatic N) is 6. The van der Waals surface area contributed by atoms with Crippen LogP contribution in [0.1, 0.15) is 22.9 Å². The Labute approximate surface area is 141 Å². The Morgan fingerprint density at radius 1 is 1.36 bits per heavy atom. The number of pyridine rings is 1. The van der Waals surface area contributed by atoms with Crippen LogP contribution in [0.4, 0.5) is 18.9 Å². The molecule has 0 bridgehead atoms. The van der Waals surface area contributed by atoms with Crippen molar-refractivity contribution in [3.05, 3.63) is 35.4 Å². The van der Waals surface area contributed by atoms with Gasteiger partial charge in [-0.1, -0.05) is 5.21 Å². The Hall–Kier alpha value is -2.67. The van der Waals surface area contributed by atoms with Crippen LogP contribution in [0.15, 0.2) is 18.5 Å². The zero-order chi connectivity index (χ0) is 18.2. The van der Waals surface area contributed by atoms with Gasteiger partial charge in [0.1, 0.15) is 6.07 Å². The van der Waals surface area contributed by atoms with E-state index in [1.54, 1.807) is 22.8 Å². The number of aryl methyl sites for hydroxylation is 1. The highest BCUT2D eigenvalue weighted by Crippen LogP contribution is 2.36. The lowest BCUT2D eigenvalue weighted by atomic mass is 10.0. The molecule has 7 nitrogen and oxygen atoms in total. The fourth-order valence-electron chi connectivity index (χ4n) is 2.96. The maximum atomic E-state index is 13.0. The monoisotopic (exact) mass is 352 g/mol. The summed E-state index contributed by atoms with van der Waals surface area (Å²) in [5.41, 5.74) is -0.109. The molecule has 1 aliphatic rings. The van der Waals surface area contributed by atoms with Crippen LogP contribution in [0.2, 0.25) is 0 Å². The molecular formula is C15H15F3N6O. The first-order valence-electron chi connectivity index (χ1n) is 7.44. The number of aromatic nitrogens is 4. The van der Waals surface area contributed by atoms with Gasteiger partial charge in [-0.2, -0.15) is 18.4 Å². The average Bonchev–Trinajstić information content (AvgIpc) is 3.19. The summed E-state index contributed by atoms with van der Waals surface area (Å²) >= 11 is 0. The minimum Gasteiger partial charge on any atom is -0.379 e. The predicted molar refractivity (Wildman–Crippen MR) is 80.7 cm³/mol. The van der Waals surface area contributed by atoms with Crippen molar-refractivity contribution in [3.63, 3.8) is 0 Å². The summed E-state index contributed by atoms with van der Waals surface area (Å²) in [4.78, 5) is 5.34. The highest BCUT2D eigenvalue weighted by Gasteiger charge is 2.38. The molecule has 0 aromatic carbocycles. The summed E-state index contributed by atoms with van der Waals surface area (Å²) in [6, 6.07) is 2.81. The molecule has 0 radical (unpaired) electrons. The first-order chi connectivity index (χ1) is 11.8. The summed E-state index contributed by atoms with van der Waals surface area (Å²) < 4.78 is 46.0. The normalized spacial score (nSPS) is 20.7. The second-order valence-electron chi connectivity index (χ2n) is 5.80. The molecule has 2 atom stereocenters. The summed E-state index contributed by atoms with van der Waals surface area (Å²) in [5.74, 6) is -0.167. The molecule has 0 aliphatic carbocycles. The minimum absolute atomic E-state index is 0.0531. The summed E-state index contributed by atoms with van der Waals surface area (Å²) in [7, 11) is 3.27. The van der Waals surface area contributed by atoms with Crippen LogP contribution in [0.3, 0.4) is 0 Å². The zero-order valence-corrected chi connectivity index (χ0v) is 13.5. The van der Waals surface area contributed by atoms with Crippen LogP contribution in [0.5, 0.6) is 0 Å². The largest absolute Gasteiger partial charge is 0.417 e. The number of anilines is 1. The van der Waals surface area contributed by atoms with E-state index in [2.05, 4.69) is 15.3 Å². The number of halogens is 3. The van der Waals surface area contributed by atoms with E-state index in [-0.39, 0.29) is 23.4 Å². The Kier molecular flexibility index (Phi) is 4.34. The highest BCUT2D eigenvalue weighted by molar-refractivity contribution is 5.59. The molecule has 1 aliphatic heterocycles. The number of ether oxygens (including phenoxy) is 1. The number of alkyl halides is 3. The molecule has 10 heteroatoms. The third kappa shape index (κ3) is 3.28. The standard InChI is InChI=1S/C15H15F3N6O/c1-23-7-12(21-22-23)10-6-24(8-14(10)25-2)13-3-9(15(16,17)18)5-20-11(13)4-19/h3,5,7,10,14H,6,8H2,1-2H3/t10-,14+/m0/s1. The van der Waals surface area contributed by atoms with E-state index in [0.29, 0.717) is 25.0 Å². The van der Waals surface area contributed by atoms with Crippen LogP contribution >= 0.6 is 0 Å². The maximum absolute atomic E-state index is 13.0. The Morgan fingerprint density at radius 3 is 2.68 bits per heavy atom. The van der Waals surface area contributed by atoms with Gasteiger partial charge in [-0.3, -0.25) is 4.68 Å². The van der Waals surface area contributed by atoms with Gasteiger partial charge in [0.05, 0.1) is 29.0 Å². The molecule has 1 saturated heterocycles. The van der Waals surface area contributed by atoms with E-state index < -0.39 is 11.7 Å². The highest BCUT2D eigenvalue weighted by atomic mass is 19.4. The second-order valence-corrected chi connectivity index (χ2v) is 5.80. The summed E-state index contributed by atoms with van der Waals surface area (Å²) in [5, 5.41) is 17.2. The van der Waals surface area contributed by atoms with Gasteiger partial charge in [0.15, 0.2) is 5.69 Å². The van der Waals surface area contributed by atoms with Crippen molar-refractivity contribution in [2.45, 2.75) is 18.2 Å². The van der Waals surface area contributed by atoms with Crippen molar-refractivity contribution >= 4 is 5.69 Å². The van der Waals surface area contributed by atoms with Crippen molar-refractivity contribution in [2.75, 3.05) is 25.1 Å². The first-order valence-corrected chi connectivity index (χ1v) is 7.44. The molecule has 132 valence electrons. The number of nitriles is 1. The van der Waals surface area contributed by atoms with Crippen LogP contribution in [0.25, 0.3) is 0 Å². The molecule has 0 spiro atoms. The van der Waals surface area contributed by atoms with Crippen LogP contribution in [-0.4, -0.2) is 46.3 Å². The van der Waals surface area contributed by atoms with Crippen molar-refractivity contribution in [1.82, 2.24) is 20.0 Å². The van der Waals surface area contributed by atoms with Gasteiger partial charge >= 0.3 is 6.18 Å². The van der Waals surface area contributed by atoms with Crippen molar-refractivity contribution < 1.29 is 17.9 Å². The second kappa shape index (κ2) is 6.33. The van der Waals surface area contributed by atoms with Crippen molar-refractivity contribution in [2.24, 2.45) is 7.05 Å². The number of methoxy groups -OCH3 is 1. The lowest BCUT2D eigenvalue weighted by Gasteiger charge is -2.20. The molecular weight excluding hydrogens is 337 g/mol. The first kappa shape index (κ1) is 17.2. The van der Waals surface area contributed by atoms with Gasteiger partial charge in [-0.15, -0.1) is 5.10 Å². The van der Waals surface area contributed by atoms with E-state index in [1.807, 2.05) is 6.07 Å². The molecule has 2 aromatic rings. The summed E-state index contributed by atoms with van der Waals surface area (Å²) in [6.45, 7) is 0.685. The smallest absolute Gasteiger partial charge is 0.379 e. The average molecular weight is 352 g/mol. The van der Waals surface area contributed by atoms with Crippen LogP contribution < -0.4 is 4.90 Å². The Bertz CT molecular complexity index is 812. The minimum atomic E-state index is -4.53. The predicted octanol–water partition coefficient (Wildman–Crippen LogP) is 1.72. The van der Waals surface area contributed by atoms with E-state index in [1.165, 1.54) is 7.11 Å². The fraction of sp³-hybridized carbons (Fsp3) is 0.467. The molecule has 2 aromatic heterocycles. The van der Waals surface area contributed by atoms with E-state index in [9.17, 15) is 18.4 Å². The van der Waals surface area contributed by atoms with Crippen molar-refractivity contribution in [3.8, 4) is 6.07 Å². The molecule has 0 unspecified atom stereocenters. The molecule has 3 rings (SSSR count). The Morgan fingerprint density at radius 2 is 2.12 bits per heavy atom. The maximum Gasteiger partial charge on any atom is 0.417 e. The lowest BCUT2D eigenvalue weighted by molar-refractivity contribution is -0.137. The van der Waals surface area contributed by atoms with Gasteiger partial charge in [-0.05, 0) is 6.07 Å². The van der Waals surface area contributed by atoms with E-state index in [0.717, 1.165) is 6.07 Å². The number of hydrogen-bond acceptors (Lipinski definition) is 6. The van der Waals surface area contributed by atoms with Gasteiger partial charge in [-0.25, -0.2) is 4.98 Å². The fourth-order valence-corrected chi connectivity index (χ4v) is 2.96. The van der Waals surface area contributed by atoms with Crippen LogP contribution in [-0.2, 0) is 18.0 Å². The van der Waals surface area contributed by atoms with E-state index in [4.69, 9.17) is 4.74 Å². The molecule has 25 heavy (non-hydrogen) atoms. The quantitative estimate of drug-likeness (QED) is 0.837. The number of hydrogen-bond donors (Lipinski definition) is 0. The van der Waals surface area contributed by atoms with Gasteiger partial charge in [0.2, 0.25) is 0 Å². The molecule has 0 saturated carbocycles. The Balaban J connectivity index is 1.96. The summed E-state index contributed by atoms with van der Waals surface area (Å²) in [6.07, 6.45) is -2.39. The topological polar surface area (TPSA) is 79.9 Å².